The summed E-state index contributed by atoms with van der Waals surface area (Å²) in [5.41, 5.74) is 2.31. The van der Waals surface area contributed by atoms with Crippen LogP contribution < -0.4 is 0 Å². The number of ether oxygens (including phenoxy) is 1. The molecule has 1 aliphatic heterocycles. The number of likely N-dealkylation sites (tertiary alicyclic amines) is 1. The number of Topliss-reactive ketones (excluding diaryl/α,β-unsaturated/α-hetero) is 1. The normalized spacial score (nSPS) is 18.2. The zero-order chi connectivity index (χ0) is 30.2. The first-order valence-electron chi connectivity index (χ1n) is 14.4. The van der Waals surface area contributed by atoms with Gasteiger partial charge in [-0.25, -0.2) is 4.79 Å². The molecule has 218 valence electrons. The van der Waals surface area contributed by atoms with Crippen molar-refractivity contribution >= 4 is 17.6 Å². The number of carbonyl (C=O) groups excluding carboxylic acids is 2. The summed E-state index contributed by atoms with van der Waals surface area (Å²) in [6.07, 6.45) is 1.92. The van der Waals surface area contributed by atoms with Gasteiger partial charge in [-0.1, -0.05) is 67.0 Å². The molecule has 0 aromatic heterocycles. The number of nitrogens with zero attached hydrogens (tertiary/aromatic N) is 1. The summed E-state index contributed by atoms with van der Waals surface area (Å²) in [6.45, 7) is 20.6. The molecular formula is C34H48N2O4. The molecule has 6 nitrogen and oxygen atoms in total. The lowest BCUT2D eigenvalue weighted by Gasteiger charge is -2.28. The lowest BCUT2D eigenvalue weighted by atomic mass is 9.78. The Balaban J connectivity index is 1.88. The molecule has 6 heteroatoms. The van der Waals surface area contributed by atoms with Crippen molar-refractivity contribution < 1.29 is 19.4 Å². The van der Waals surface area contributed by atoms with Gasteiger partial charge in [-0.05, 0) is 73.8 Å². The summed E-state index contributed by atoms with van der Waals surface area (Å²) < 4.78 is 5.50. The van der Waals surface area contributed by atoms with Gasteiger partial charge in [0.05, 0.1) is 12.1 Å². The van der Waals surface area contributed by atoms with Gasteiger partial charge in [0, 0.05) is 29.2 Å². The highest BCUT2D eigenvalue weighted by molar-refractivity contribution is 6.01. The number of phenolic OH excluding ortho intramolecular Hbond substituents is 1. The third-order valence-electron chi connectivity index (χ3n) is 7.51. The highest BCUT2D eigenvalue weighted by Crippen LogP contribution is 2.41. The molecule has 0 aliphatic carbocycles. The summed E-state index contributed by atoms with van der Waals surface area (Å²) in [5.74, 6) is 0.322. The van der Waals surface area contributed by atoms with Gasteiger partial charge in [0.15, 0.2) is 5.78 Å². The largest absolute Gasteiger partial charge is 0.507 e. The number of ketones is 1. The summed E-state index contributed by atoms with van der Waals surface area (Å²) >= 11 is 0. The Bertz CT molecular complexity index is 1220. The van der Waals surface area contributed by atoms with Crippen LogP contribution in [-0.2, 0) is 15.6 Å². The second-order valence-corrected chi connectivity index (χ2v) is 14.3. The number of phenols is 1. The van der Waals surface area contributed by atoms with Crippen molar-refractivity contribution in [2.24, 2.45) is 5.92 Å². The predicted molar refractivity (Wildman–Crippen MR) is 162 cm³/mol. The van der Waals surface area contributed by atoms with Crippen molar-refractivity contribution in [2.45, 2.75) is 104 Å². The molecule has 2 aromatic rings. The molecule has 0 saturated carbocycles. The minimum Gasteiger partial charge on any atom is -0.507 e. The maximum absolute atomic E-state index is 13.7. The lowest BCUT2D eigenvalue weighted by molar-refractivity contribution is 0.00693. The van der Waals surface area contributed by atoms with Gasteiger partial charge in [-0.3, -0.25) is 10.2 Å². The Morgan fingerprint density at radius 1 is 0.925 bits per heavy atom. The molecule has 1 saturated heterocycles. The quantitative estimate of drug-likeness (QED) is 0.274. The van der Waals surface area contributed by atoms with Crippen LogP contribution in [0.15, 0.2) is 36.4 Å². The molecule has 0 spiro atoms. The fourth-order valence-corrected chi connectivity index (χ4v) is 5.48. The Kier molecular flexibility index (Phi) is 8.93. The number of rotatable bonds is 7. The SMILES string of the molecule is CCC[C@H]1CN(CC(=O)c2cc(C(C)(C)C)c(O)c(C(C)(C)C)c2)C(=N)[C@@H]1c1ccc(C(=O)OC(C)(C)C)cc1. The molecule has 2 N–H and O–H groups in total. The fraction of sp³-hybridized carbons (Fsp3) is 0.559. The van der Waals surface area contributed by atoms with Gasteiger partial charge in [0.25, 0.3) is 0 Å². The van der Waals surface area contributed by atoms with Crippen LogP contribution in [0.5, 0.6) is 5.75 Å². The molecule has 0 radical (unpaired) electrons. The molecule has 0 amide bonds. The molecule has 1 heterocycles. The van der Waals surface area contributed by atoms with Gasteiger partial charge in [-0.2, -0.15) is 0 Å². The standard InChI is InChI=1S/C34H48N2O4/c1-11-12-23-19-36(30(35)28(23)21-13-15-22(16-14-21)31(39)40-34(8,9)10)20-27(37)24-17-25(32(2,3)4)29(38)26(18-24)33(5,6)7/h13-18,23,28,35,38H,11-12,19-20H2,1-10H3/t23-,28+/m0/s1. The summed E-state index contributed by atoms with van der Waals surface area (Å²) in [5, 5.41) is 20.2. The van der Waals surface area contributed by atoms with Gasteiger partial charge in [0.2, 0.25) is 0 Å². The van der Waals surface area contributed by atoms with E-state index in [4.69, 9.17) is 10.1 Å². The number of hydrogen-bond acceptors (Lipinski definition) is 5. The molecule has 0 unspecified atom stereocenters. The van der Waals surface area contributed by atoms with Crippen LogP contribution in [-0.4, -0.2) is 46.3 Å². The second kappa shape index (κ2) is 11.4. The smallest absolute Gasteiger partial charge is 0.338 e. The van der Waals surface area contributed by atoms with Crippen molar-refractivity contribution in [3.05, 3.63) is 64.2 Å². The number of benzene rings is 2. The Morgan fingerprint density at radius 3 is 1.90 bits per heavy atom. The Hall–Kier alpha value is -3.15. The average molecular weight is 549 g/mol. The second-order valence-electron chi connectivity index (χ2n) is 14.3. The van der Waals surface area contributed by atoms with E-state index in [1.807, 2.05) is 91.5 Å². The van der Waals surface area contributed by atoms with Crippen LogP contribution in [0.3, 0.4) is 0 Å². The van der Waals surface area contributed by atoms with Crippen LogP contribution in [0.1, 0.15) is 125 Å². The topological polar surface area (TPSA) is 90.7 Å². The molecule has 1 aliphatic rings. The van der Waals surface area contributed by atoms with E-state index < -0.39 is 5.60 Å². The van der Waals surface area contributed by atoms with E-state index >= 15 is 0 Å². The van der Waals surface area contributed by atoms with Gasteiger partial charge in [-0.15, -0.1) is 0 Å². The fourth-order valence-electron chi connectivity index (χ4n) is 5.48. The Morgan fingerprint density at radius 2 is 1.45 bits per heavy atom. The molecule has 2 atom stereocenters. The van der Waals surface area contributed by atoms with Crippen LogP contribution >= 0.6 is 0 Å². The minimum atomic E-state index is -0.568. The molecule has 1 fully saturated rings. The maximum atomic E-state index is 13.7. The first-order chi connectivity index (χ1) is 18.3. The van der Waals surface area contributed by atoms with Crippen molar-refractivity contribution in [1.29, 1.82) is 5.41 Å². The molecular weight excluding hydrogens is 500 g/mol. The van der Waals surface area contributed by atoms with Crippen LogP contribution in [0, 0.1) is 11.3 Å². The average Bonchev–Trinajstić information content (AvgIpc) is 3.11. The Labute approximate surface area is 240 Å². The van der Waals surface area contributed by atoms with Gasteiger partial charge >= 0.3 is 5.97 Å². The van der Waals surface area contributed by atoms with E-state index in [1.165, 1.54) is 0 Å². The van der Waals surface area contributed by atoms with Crippen molar-refractivity contribution in [1.82, 2.24) is 4.90 Å². The molecule has 3 rings (SSSR count). The first-order valence-corrected chi connectivity index (χ1v) is 14.4. The summed E-state index contributed by atoms with van der Waals surface area (Å²) in [6, 6.07) is 11.0. The van der Waals surface area contributed by atoms with E-state index in [0.29, 0.717) is 23.5 Å². The third-order valence-corrected chi connectivity index (χ3v) is 7.51. The van der Waals surface area contributed by atoms with Crippen LogP contribution in [0.4, 0.5) is 0 Å². The highest BCUT2D eigenvalue weighted by atomic mass is 16.6. The minimum absolute atomic E-state index is 0.0584. The zero-order valence-corrected chi connectivity index (χ0v) is 26.1. The number of nitrogens with one attached hydrogen (secondary N) is 1. The first kappa shape index (κ1) is 31.4. The van der Waals surface area contributed by atoms with Crippen molar-refractivity contribution in [2.75, 3.05) is 13.1 Å². The van der Waals surface area contributed by atoms with Crippen molar-refractivity contribution in [3.8, 4) is 5.75 Å². The predicted octanol–water partition coefficient (Wildman–Crippen LogP) is 7.62. The summed E-state index contributed by atoms with van der Waals surface area (Å²) in [7, 11) is 0. The van der Waals surface area contributed by atoms with Crippen LogP contribution in [0.25, 0.3) is 0 Å². The van der Waals surface area contributed by atoms with E-state index in [1.54, 1.807) is 12.1 Å². The number of aromatic hydroxyl groups is 1. The third kappa shape index (κ3) is 7.13. The lowest BCUT2D eigenvalue weighted by Crippen LogP contribution is -2.32. The summed E-state index contributed by atoms with van der Waals surface area (Å²) in [4.78, 5) is 28.1. The molecule has 40 heavy (non-hydrogen) atoms. The van der Waals surface area contributed by atoms with Gasteiger partial charge in [0.1, 0.15) is 17.2 Å². The van der Waals surface area contributed by atoms with Crippen LogP contribution in [0.2, 0.25) is 0 Å². The molecule has 2 aromatic carbocycles. The van der Waals surface area contributed by atoms with E-state index in [2.05, 4.69) is 6.92 Å². The van der Waals surface area contributed by atoms with Gasteiger partial charge < -0.3 is 14.7 Å². The monoisotopic (exact) mass is 548 g/mol. The number of amidine groups is 1. The van der Waals surface area contributed by atoms with E-state index in [-0.39, 0.29) is 46.7 Å². The van der Waals surface area contributed by atoms with Crippen molar-refractivity contribution in [3.63, 3.8) is 0 Å². The van der Waals surface area contributed by atoms with E-state index in [9.17, 15) is 14.7 Å². The molecule has 0 bridgehead atoms. The van der Waals surface area contributed by atoms with E-state index in [0.717, 1.165) is 29.5 Å². The zero-order valence-electron chi connectivity index (χ0n) is 26.1. The number of carbonyl (C=O) groups is 2. The highest BCUT2D eigenvalue weighted by Gasteiger charge is 2.39. The number of esters is 1. The number of hydrogen-bond donors (Lipinski definition) is 2. The maximum Gasteiger partial charge on any atom is 0.338 e.